The fourth-order valence-electron chi connectivity index (χ4n) is 2.96. The van der Waals surface area contributed by atoms with Gasteiger partial charge in [0.1, 0.15) is 11.6 Å². The van der Waals surface area contributed by atoms with E-state index in [0.29, 0.717) is 28.2 Å². The number of halogens is 2. The predicted octanol–water partition coefficient (Wildman–Crippen LogP) is 3.73. The summed E-state index contributed by atoms with van der Waals surface area (Å²) in [6.45, 7) is 0. The van der Waals surface area contributed by atoms with Crippen LogP contribution >= 0.6 is 11.8 Å². The topological polar surface area (TPSA) is 52.7 Å². The van der Waals surface area contributed by atoms with E-state index in [-0.39, 0.29) is 11.2 Å². The number of nitrogens with zero attached hydrogens (tertiary/aromatic N) is 4. The highest BCUT2D eigenvalue weighted by molar-refractivity contribution is 7.99. The molecule has 4 aromatic rings. The zero-order valence-corrected chi connectivity index (χ0v) is 15.8. The molecule has 4 rings (SSSR count). The molecule has 28 heavy (non-hydrogen) atoms. The molecule has 0 fully saturated rings. The first-order valence-corrected chi connectivity index (χ1v) is 9.58. The fourth-order valence-corrected chi connectivity index (χ4v) is 3.92. The Morgan fingerprint density at radius 1 is 1.14 bits per heavy atom. The molecule has 0 unspecified atom stereocenters. The van der Waals surface area contributed by atoms with Crippen molar-refractivity contribution in [3.05, 3.63) is 82.7 Å². The maximum Gasteiger partial charge on any atom is 0.266 e. The van der Waals surface area contributed by atoms with Crippen LogP contribution in [0.4, 0.5) is 8.78 Å². The Balaban J connectivity index is 1.79. The van der Waals surface area contributed by atoms with Crippen LogP contribution in [0.1, 0.15) is 5.69 Å². The van der Waals surface area contributed by atoms with Crippen molar-refractivity contribution in [3.63, 3.8) is 0 Å². The first-order valence-electron chi connectivity index (χ1n) is 8.60. The van der Waals surface area contributed by atoms with Gasteiger partial charge in [0.25, 0.3) is 5.56 Å². The van der Waals surface area contributed by atoms with E-state index in [2.05, 4.69) is 9.97 Å². The first-order chi connectivity index (χ1) is 13.5. The summed E-state index contributed by atoms with van der Waals surface area (Å²) in [7, 11) is 1.91. The Morgan fingerprint density at radius 3 is 2.71 bits per heavy atom. The number of hydrogen-bond donors (Lipinski definition) is 0. The molecule has 8 heteroatoms. The maximum absolute atomic E-state index is 14.4. The summed E-state index contributed by atoms with van der Waals surface area (Å²) in [5.74, 6) is -0.895. The summed E-state index contributed by atoms with van der Waals surface area (Å²) in [5.41, 5.74) is 1.16. The molecular weight excluding hydrogens is 382 g/mol. The Kier molecular flexibility index (Phi) is 4.95. The number of para-hydroxylation sites is 1. The molecule has 0 N–H and O–H groups in total. The SMILES string of the molecule is Cn1cncc1CCSc1nc2ccccc2c(=O)n1-c1ccc(F)cc1F. The first kappa shape index (κ1) is 18.4. The quantitative estimate of drug-likeness (QED) is 0.380. The average molecular weight is 398 g/mol. The van der Waals surface area contributed by atoms with Crippen molar-refractivity contribution in [2.45, 2.75) is 11.6 Å². The van der Waals surface area contributed by atoms with Gasteiger partial charge in [0, 0.05) is 30.8 Å². The van der Waals surface area contributed by atoms with Crippen LogP contribution in [0.5, 0.6) is 0 Å². The number of rotatable bonds is 5. The van der Waals surface area contributed by atoms with Gasteiger partial charge in [-0.05, 0) is 30.7 Å². The average Bonchev–Trinajstić information content (AvgIpc) is 3.08. The van der Waals surface area contributed by atoms with E-state index in [1.807, 2.05) is 11.6 Å². The number of hydrogen-bond acceptors (Lipinski definition) is 4. The zero-order chi connectivity index (χ0) is 19.7. The lowest BCUT2D eigenvalue weighted by atomic mass is 10.2. The summed E-state index contributed by atoms with van der Waals surface area (Å²) in [6.07, 6.45) is 4.20. The van der Waals surface area contributed by atoms with Crippen LogP contribution in [0.25, 0.3) is 16.6 Å². The molecule has 0 radical (unpaired) electrons. The number of thioether (sulfide) groups is 1. The Labute approximate surface area is 163 Å². The smallest absolute Gasteiger partial charge is 0.266 e. The minimum absolute atomic E-state index is 0.0207. The maximum atomic E-state index is 14.4. The lowest BCUT2D eigenvalue weighted by molar-refractivity contribution is 0.572. The Bertz CT molecular complexity index is 1220. The molecule has 2 aromatic heterocycles. The van der Waals surface area contributed by atoms with Gasteiger partial charge in [-0.25, -0.2) is 18.7 Å². The molecular formula is C20H16F2N4OS. The van der Waals surface area contributed by atoms with Crippen molar-refractivity contribution < 1.29 is 8.78 Å². The number of fused-ring (bicyclic) bond motifs is 1. The fraction of sp³-hybridized carbons (Fsp3) is 0.150. The molecule has 2 aromatic carbocycles. The summed E-state index contributed by atoms with van der Waals surface area (Å²) < 4.78 is 30.9. The lowest BCUT2D eigenvalue weighted by Gasteiger charge is -2.14. The molecule has 0 saturated carbocycles. The third-order valence-electron chi connectivity index (χ3n) is 4.40. The van der Waals surface area contributed by atoms with Crippen LogP contribution < -0.4 is 5.56 Å². The van der Waals surface area contributed by atoms with Gasteiger partial charge in [-0.3, -0.25) is 9.36 Å². The van der Waals surface area contributed by atoms with Crippen LogP contribution in [0.15, 0.2) is 64.9 Å². The lowest BCUT2D eigenvalue weighted by Crippen LogP contribution is -2.23. The number of imidazole rings is 1. The molecule has 0 bridgehead atoms. The van der Waals surface area contributed by atoms with Crippen molar-refractivity contribution in [2.24, 2.45) is 7.05 Å². The van der Waals surface area contributed by atoms with Crippen LogP contribution in [0.3, 0.4) is 0 Å². The monoisotopic (exact) mass is 398 g/mol. The van der Waals surface area contributed by atoms with Crippen LogP contribution in [-0.4, -0.2) is 24.9 Å². The van der Waals surface area contributed by atoms with E-state index >= 15 is 0 Å². The normalized spacial score (nSPS) is 11.2. The molecule has 0 aliphatic rings. The molecule has 2 heterocycles. The summed E-state index contributed by atoms with van der Waals surface area (Å²) >= 11 is 1.34. The van der Waals surface area contributed by atoms with Crippen molar-refractivity contribution in [2.75, 3.05) is 5.75 Å². The standard InChI is InChI=1S/C20H16F2N4OS/c1-25-12-23-11-14(25)8-9-28-20-24-17-5-3-2-4-15(17)19(27)26(20)18-7-6-13(21)10-16(18)22/h2-7,10-12H,8-9H2,1H3. The van der Waals surface area contributed by atoms with Crippen LogP contribution in [0, 0.1) is 11.6 Å². The van der Waals surface area contributed by atoms with Gasteiger partial charge >= 0.3 is 0 Å². The van der Waals surface area contributed by atoms with Crippen molar-refractivity contribution >= 4 is 22.7 Å². The van der Waals surface area contributed by atoms with Crippen molar-refractivity contribution in [3.8, 4) is 5.69 Å². The largest absolute Gasteiger partial charge is 0.338 e. The van der Waals surface area contributed by atoms with Gasteiger partial charge in [0.05, 0.1) is 22.9 Å². The molecule has 0 aliphatic heterocycles. The third kappa shape index (κ3) is 3.43. The molecule has 0 atom stereocenters. The molecule has 0 saturated heterocycles. The molecule has 0 aliphatic carbocycles. The summed E-state index contributed by atoms with van der Waals surface area (Å²) in [6, 6.07) is 10.1. The minimum Gasteiger partial charge on any atom is -0.338 e. The van der Waals surface area contributed by atoms with Gasteiger partial charge in [0.2, 0.25) is 0 Å². The number of aryl methyl sites for hydroxylation is 2. The zero-order valence-electron chi connectivity index (χ0n) is 15.0. The molecule has 5 nitrogen and oxygen atoms in total. The number of benzene rings is 2. The highest BCUT2D eigenvalue weighted by atomic mass is 32.2. The molecule has 0 spiro atoms. The van der Waals surface area contributed by atoms with Gasteiger partial charge in [-0.2, -0.15) is 0 Å². The molecule has 0 amide bonds. The minimum atomic E-state index is -0.812. The summed E-state index contributed by atoms with van der Waals surface area (Å²) in [5, 5.41) is 0.735. The van der Waals surface area contributed by atoms with E-state index < -0.39 is 11.6 Å². The Hall–Kier alpha value is -3.00. The van der Waals surface area contributed by atoms with E-state index in [4.69, 9.17) is 0 Å². The van der Waals surface area contributed by atoms with Gasteiger partial charge in [-0.15, -0.1) is 0 Å². The van der Waals surface area contributed by atoms with Gasteiger partial charge in [-0.1, -0.05) is 23.9 Å². The van der Waals surface area contributed by atoms with Crippen molar-refractivity contribution in [1.82, 2.24) is 19.1 Å². The van der Waals surface area contributed by atoms with Gasteiger partial charge in [0.15, 0.2) is 5.16 Å². The second kappa shape index (κ2) is 7.55. The highest BCUT2D eigenvalue weighted by Crippen LogP contribution is 2.24. The summed E-state index contributed by atoms with van der Waals surface area (Å²) in [4.78, 5) is 21.7. The van der Waals surface area contributed by atoms with E-state index in [0.717, 1.165) is 17.8 Å². The predicted molar refractivity (Wildman–Crippen MR) is 105 cm³/mol. The second-order valence-corrected chi connectivity index (χ2v) is 7.30. The number of aromatic nitrogens is 4. The van der Waals surface area contributed by atoms with Gasteiger partial charge < -0.3 is 4.57 Å². The molecule has 142 valence electrons. The Morgan fingerprint density at radius 2 is 1.96 bits per heavy atom. The second-order valence-electron chi connectivity index (χ2n) is 6.24. The third-order valence-corrected chi connectivity index (χ3v) is 5.34. The van der Waals surface area contributed by atoms with E-state index in [1.54, 1.807) is 36.8 Å². The van der Waals surface area contributed by atoms with Crippen LogP contribution in [0.2, 0.25) is 0 Å². The van der Waals surface area contributed by atoms with E-state index in [9.17, 15) is 13.6 Å². The van der Waals surface area contributed by atoms with E-state index in [1.165, 1.54) is 22.4 Å². The van der Waals surface area contributed by atoms with Crippen molar-refractivity contribution in [1.29, 1.82) is 0 Å². The van der Waals surface area contributed by atoms with Crippen LogP contribution in [-0.2, 0) is 13.5 Å². The highest BCUT2D eigenvalue weighted by Gasteiger charge is 2.16.